The van der Waals surface area contributed by atoms with Gasteiger partial charge in [0.05, 0.1) is 0 Å². The molecule has 0 aliphatic rings. The SMILES string of the molecule is C[Si](C)(Cl)CCCCCCCCCCCCCCCCCCCCCCCCCI. The van der Waals surface area contributed by atoms with Crippen LogP contribution in [0.15, 0.2) is 0 Å². The average Bonchev–Trinajstić information content (AvgIpc) is 2.70. The molecule has 0 heterocycles. The molecule has 0 aromatic carbocycles. The summed E-state index contributed by atoms with van der Waals surface area (Å²) in [5.74, 6) is 0. The van der Waals surface area contributed by atoms with Gasteiger partial charge in [0, 0.05) is 0 Å². The van der Waals surface area contributed by atoms with Gasteiger partial charge >= 0.3 is 0 Å². The minimum atomic E-state index is -1.30. The monoisotopic (exact) mass is 570 g/mol. The summed E-state index contributed by atoms with van der Waals surface area (Å²) in [6.07, 6.45) is 33.7. The summed E-state index contributed by atoms with van der Waals surface area (Å²) in [6, 6.07) is 1.30. The van der Waals surface area contributed by atoms with Gasteiger partial charge in [-0.2, -0.15) is 11.1 Å². The molecule has 0 amide bonds. The third-order valence-electron chi connectivity index (χ3n) is 6.40. The Morgan fingerprint density at radius 1 is 0.400 bits per heavy atom. The zero-order chi connectivity index (χ0) is 22.2. The van der Waals surface area contributed by atoms with Crippen LogP contribution in [0.3, 0.4) is 0 Å². The number of halogens is 2. The standard InChI is InChI=1S/C27H56ClISi/c1-30(2,28)27-25-23-21-19-17-15-13-11-9-7-5-3-4-6-8-10-12-14-16-18-20-22-24-26-29/h3-27H2,1-2H3. The van der Waals surface area contributed by atoms with Gasteiger partial charge in [-0.25, -0.2) is 0 Å². The zero-order valence-corrected chi connectivity index (χ0v) is 24.8. The lowest BCUT2D eigenvalue weighted by molar-refractivity contribution is 0.519. The van der Waals surface area contributed by atoms with Gasteiger partial charge in [0.2, 0.25) is 0 Å². The largest absolute Gasteiger partial charge is 0.168 e. The van der Waals surface area contributed by atoms with Crippen LogP contribution >= 0.6 is 33.7 Å². The highest BCUT2D eigenvalue weighted by molar-refractivity contribution is 14.1. The van der Waals surface area contributed by atoms with Gasteiger partial charge < -0.3 is 0 Å². The topological polar surface area (TPSA) is 0 Å². The van der Waals surface area contributed by atoms with Crippen LogP contribution in [0.1, 0.15) is 148 Å². The van der Waals surface area contributed by atoms with Crippen molar-refractivity contribution < 1.29 is 0 Å². The maximum absolute atomic E-state index is 6.37. The van der Waals surface area contributed by atoms with E-state index in [1.165, 1.54) is 158 Å². The highest BCUT2D eigenvalue weighted by atomic mass is 127. The van der Waals surface area contributed by atoms with E-state index in [0.717, 1.165) is 0 Å². The molecule has 0 radical (unpaired) electrons. The quantitative estimate of drug-likeness (QED) is 0.0336. The smallest absolute Gasteiger partial charge is 0.150 e. The van der Waals surface area contributed by atoms with Crippen LogP contribution in [0.25, 0.3) is 0 Å². The van der Waals surface area contributed by atoms with Gasteiger partial charge in [0.25, 0.3) is 0 Å². The summed E-state index contributed by atoms with van der Waals surface area (Å²) < 4.78 is 1.34. The Labute approximate surface area is 211 Å². The summed E-state index contributed by atoms with van der Waals surface area (Å²) in [4.78, 5) is 0. The first kappa shape index (κ1) is 31.2. The fraction of sp³-hybridized carbons (Fsp3) is 1.00. The van der Waals surface area contributed by atoms with E-state index in [1.54, 1.807) is 0 Å². The maximum Gasteiger partial charge on any atom is 0.150 e. The summed E-state index contributed by atoms with van der Waals surface area (Å²) in [5.41, 5.74) is 0. The molecule has 0 saturated heterocycles. The van der Waals surface area contributed by atoms with Crippen LogP contribution in [-0.4, -0.2) is 11.8 Å². The molecule has 0 unspecified atom stereocenters. The van der Waals surface area contributed by atoms with Crippen LogP contribution in [0.2, 0.25) is 19.1 Å². The van der Waals surface area contributed by atoms with Crippen LogP contribution < -0.4 is 0 Å². The van der Waals surface area contributed by atoms with Crippen molar-refractivity contribution in [1.29, 1.82) is 0 Å². The molecule has 0 N–H and O–H groups in total. The van der Waals surface area contributed by atoms with Gasteiger partial charge in [0.1, 0.15) is 7.38 Å². The minimum absolute atomic E-state index is 1.30. The fourth-order valence-electron chi connectivity index (χ4n) is 4.35. The molecule has 0 aliphatic heterocycles. The number of hydrogen-bond donors (Lipinski definition) is 0. The third-order valence-corrected chi connectivity index (χ3v) is 9.28. The van der Waals surface area contributed by atoms with Crippen LogP contribution in [-0.2, 0) is 0 Å². The van der Waals surface area contributed by atoms with E-state index in [4.69, 9.17) is 11.1 Å². The normalized spacial score (nSPS) is 12.0. The van der Waals surface area contributed by atoms with E-state index < -0.39 is 7.38 Å². The second-order valence-electron chi connectivity index (χ2n) is 10.3. The lowest BCUT2D eigenvalue weighted by Crippen LogP contribution is -2.14. The van der Waals surface area contributed by atoms with Crippen molar-refractivity contribution in [1.82, 2.24) is 0 Å². The van der Waals surface area contributed by atoms with Crippen LogP contribution in [0, 0.1) is 0 Å². The summed E-state index contributed by atoms with van der Waals surface area (Å²) in [6.45, 7) is 4.54. The van der Waals surface area contributed by atoms with Crippen molar-refractivity contribution >= 4 is 41.1 Å². The molecule has 0 fully saturated rings. The van der Waals surface area contributed by atoms with Crippen LogP contribution in [0.5, 0.6) is 0 Å². The number of rotatable bonds is 25. The van der Waals surface area contributed by atoms with Gasteiger partial charge in [-0.05, 0) is 16.9 Å². The molecule has 0 spiro atoms. The number of unbranched alkanes of at least 4 members (excludes halogenated alkanes) is 22. The Morgan fingerprint density at radius 2 is 0.600 bits per heavy atom. The Kier molecular flexibility index (Phi) is 25.9. The van der Waals surface area contributed by atoms with Crippen molar-refractivity contribution in [2.75, 3.05) is 4.43 Å². The predicted octanol–water partition coefficient (Wildman–Crippen LogP) is 11.8. The number of hydrogen-bond acceptors (Lipinski definition) is 0. The zero-order valence-electron chi connectivity index (χ0n) is 20.9. The minimum Gasteiger partial charge on any atom is -0.168 e. The number of alkyl halides is 1. The molecular formula is C27H56ClISi. The van der Waals surface area contributed by atoms with Gasteiger partial charge in [-0.1, -0.05) is 177 Å². The first-order valence-electron chi connectivity index (χ1n) is 13.8. The second-order valence-corrected chi connectivity index (χ2v) is 18.4. The van der Waals surface area contributed by atoms with Crippen molar-refractivity contribution in [3.05, 3.63) is 0 Å². The molecule has 0 atom stereocenters. The molecule has 0 rings (SSSR count). The van der Waals surface area contributed by atoms with Crippen molar-refractivity contribution in [2.45, 2.75) is 167 Å². The molecule has 0 bridgehead atoms. The summed E-state index contributed by atoms with van der Waals surface area (Å²) in [5, 5.41) is 0. The van der Waals surface area contributed by atoms with E-state index in [1.807, 2.05) is 0 Å². The van der Waals surface area contributed by atoms with E-state index in [2.05, 4.69) is 35.7 Å². The average molecular weight is 571 g/mol. The lowest BCUT2D eigenvalue weighted by Gasteiger charge is -2.11. The van der Waals surface area contributed by atoms with Gasteiger partial charge in [-0.3, -0.25) is 0 Å². The van der Waals surface area contributed by atoms with E-state index in [9.17, 15) is 0 Å². The van der Waals surface area contributed by atoms with E-state index >= 15 is 0 Å². The summed E-state index contributed by atoms with van der Waals surface area (Å²) in [7, 11) is -1.30. The van der Waals surface area contributed by atoms with E-state index in [-0.39, 0.29) is 0 Å². The molecule has 0 nitrogen and oxygen atoms in total. The van der Waals surface area contributed by atoms with E-state index in [0.29, 0.717) is 0 Å². The Balaban J connectivity index is 3.02. The Hall–Kier alpha value is 1.24. The second kappa shape index (κ2) is 24.9. The summed E-state index contributed by atoms with van der Waals surface area (Å²) >= 11 is 8.87. The van der Waals surface area contributed by atoms with Crippen molar-refractivity contribution in [2.24, 2.45) is 0 Å². The third kappa shape index (κ3) is 29.2. The highest BCUT2D eigenvalue weighted by Gasteiger charge is 2.15. The molecular weight excluding hydrogens is 515 g/mol. The fourth-order valence-corrected chi connectivity index (χ4v) is 6.38. The molecule has 182 valence electrons. The Morgan fingerprint density at radius 3 is 0.800 bits per heavy atom. The molecule has 0 saturated carbocycles. The molecule has 0 aromatic rings. The Bertz CT molecular complexity index is 316. The van der Waals surface area contributed by atoms with Gasteiger partial charge in [0.15, 0.2) is 0 Å². The molecule has 3 heteroatoms. The first-order valence-corrected chi connectivity index (χ1v) is 19.6. The van der Waals surface area contributed by atoms with Crippen LogP contribution in [0.4, 0.5) is 0 Å². The van der Waals surface area contributed by atoms with Gasteiger partial charge in [-0.15, -0.1) is 0 Å². The van der Waals surface area contributed by atoms with Crippen molar-refractivity contribution in [3.63, 3.8) is 0 Å². The molecule has 0 aliphatic carbocycles. The highest BCUT2D eigenvalue weighted by Crippen LogP contribution is 2.20. The van der Waals surface area contributed by atoms with Crippen molar-refractivity contribution in [3.8, 4) is 0 Å². The predicted molar refractivity (Wildman–Crippen MR) is 153 cm³/mol. The molecule has 30 heavy (non-hydrogen) atoms. The maximum atomic E-state index is 6.37. The first-order chi connectivity index (χ1) is 14.6. The lowest BCUT2D eigenvalue weighted by atomic mass is 10.0. The molecule has 0 aromatic heterocycles.